The van der Waals surface area contributed by atoms with E-state index in [4.69, 9.17) is 4.74 Å². The molecule has 0 aliphatic rings. The Hall–Kier alpha value is -1.35. The molecule has 3 heteroatoms. The number of carbonyl (C=O) groups excluding carboxylic acids is 1. The van der Waals surface area contributed by atoms with E-state index in [1.54, 1.807) is 4.90 Å². The first-order valence-electron chi connectivity index (χ1n) is 5.94. The highest BCUT2D eigenvalue weighted by Crippen LogP contribution is 2.18. The van der Waals surface area contributed by atoms with Gasteiger partial charge in [0.15, 0.2) is 0 Å². The van der Waals surface area contributed by atoms with Crippen molar-refractivity contribution in [1.29, 1.82) is 0 Å². The Bertz CT molecular complexity index is 348. The Balaban J connectivity index is 2.57. The molecule has 0 aliphatic heterocycles. The molecule has 94 valence electrons. The van der Waals surface area contributed by atoms with Crippen molar-refractivity contribution in [3.63, 3.8) is 0 Å². The minimum absolute atomic E-state index is 0.00931. The molecule has 0 saturated carbocycles. The van der Waals surface area contributed by atoms with E-state index < -0.39 is 0 Å². The van der Waals surface area contributed by atoms with Gasteiger partial charge in [0, 0.05) is 7.05 Å². The van der Waals surface area contributed by atoms with Gasteiger partial charge in [-0.2, -0.15) is 0 Å². The number of ether oxygens (including phenoxy) is 1. The number of hydrogen-bond donors (Lipinski definition) is 0. The van der Waals surface area contributed by atoms with Gasteiger partial charge in [0.25, 0.3) is 0 Å². The van der Waals surface area contributed by atoms with Crippen LogP contribution in [0.4, 0.5) is 0 Å². The number of benzene rings is 1. The van der Waals surface area contributed by atoms with E-state index in [9.17, 15) is 4.79 Å². The molecule has 0 spiro atoms. The number of likely N-dealkylation sites (N-methyl/N-ethyl adjacent to an activating group) is 1. The third-order valence-electron chi connectivity index (χ3n) is 2.80. The van der Waals surface area contributed by atoms with Crippen LogP contribution in [0.1, 0.15) is 32.4 Å². The highest BCUT2D eigenvalue weighted by atomic mass is 16.5. The van der Waals surface area contributed by atoms with E-state index in [2.05, 4.69) is 0 Å². The van der Waals surface area contributed by atoms with Gasteiger partial charge in [-0.15, -0.1) is 0 Å². The Morgan fingerprint density at radius 1 is 1.24 bits per heavy atom. The maximum Gasteiger partial charge on any atom is 0.248 e. The lowest BCUT2D eigenvalue weighted by Gasteiger charge is -2.25. The van der Waals surface area contributed by atoms with Crippen LogP contribution in [0.3, 0.4) is 0 Å². The number of nitrogens with zero attached hydrogens (tertiary/aromatic N) is 1. The molecule has 1 atom stereocenters. The predicted octanol–water partition coefficient (Wildman–Crippen LogP) is 2.63. The highest BCUT2D eigenvalue weighted by molar-refractivity contribution is 5.77. The molecule has 0 radical (unpaired) electrons. The van der Waals surface area contributed by atoms with Crippen LogP contribution in [0.2, 0.25) is 0 Å². The summed E-state index contributed by atoms with van der Waals surface area (Å²) in [6.07, 6.45) is 0.0828. The lowest BCUT2D eigenvalue weighted by Crippen LogP contribution is -2.33. The van der Waals surface area contributed by atoms with E-state index >= 15 is 0 Å². The fourth-order valence-corrected chi connectivity index (χ4v) is 1.51. The number of amides is 1. The molecule has 0 heterocycles. The average molecular weight is 235 g/mol. The van der Waals surface area contributed by atoms with Crippen LogP contribution in [-0.4, -0.2) is 30.6 Å². The summed E-state index contributed by atoms with van der Waals surface area (Å²) in [5.41, 5.74) is 1.13. The van der Waals surface area contributed by atoms with Gasteiger partial charge >= 0.3 is 0 Å². The van der Waals surface area contributed by atoms with Crippen molar-refractivity contribution in [2.75, 3.05) is 13.7 Å². The zero-order valence-electron chi connectivity index (χ0n) is 11.0. The fourth-order valence-electron chi connectivity index (χ4n) is 1.51. The monoisotopic (exact) mass is 235 g/mol. The Labute approximate surface area is 103 Å². The Morgan fingerprint density at radius 3 is 2.35 bits per heavy atom. The summed E-state index contributed by atoms with van der Waals surface area (Å²) in [4.78, 5) is 13.6. The number of carbonyl (C=O) groups is 1. The molecule has 1 amide bonds. The fraction of sp³-hybridized carbons (Fsp3) is 0.500. The molecule has 3 nitrogen and oxygen atoms in total. The minimum atomic E-state index is 0.00931. The van der Waals surface area contributed by atoms with Crippen LogP contribution < -0.4 is 0 Å². The Kier molecular flexibility index (Phi) is 5.16. The first-order valence-corrected chi connectivity index (χ1v) is 5.94. The second-order valence-electron chi connectivity index (χ2n) is 4.45. The summed E-state index contributed by atoms with van der Waals surface area (Å²) >= 11 is 0. The third kappa shape index (κ3) is 4.19. The minimum Gasteiger partial charge on any atom is -0.369 e. The van der Waals surface area contributed by atoms with Crippen LogP contribution >= 0.6 is 0 Å². The zero-order valence-corrected chi connectivity index (χ0v) is 11.0. The molecule has 0 N–H and O–H groups in total. The first-order chi connectivity index (χ1) is 8.02. The molecule has 0 bridgehead atoms. The summed E-state index contributed by atoms with van der Waals surface area (Å²) in [7, 11) is 1.81. The van der Waals surface area contributed by atoms with Gasteiger partial charge in [0.05, 0.1) is 12.1 Å². The topological polar surface area (TPSA) is 29.5 Å². The molecule has 1 aromatic rings. The smallest absolute Gasteiger partial charge is 0.248 e. The van der Waals surface area contributed by atoms with Crippen LogP contribution in [0.15, 0.2) is 30.3 Å². The molecule has 1 aromatic carbocycles. The standard InChI is InChI=1S/C14H21NO2/c1-11(2)17-10-14(16)15(4)12(3)13-8-6-5-7-9-13/h5-9,11-12H,10H2,1-4H3. The average Bonchev–Trinajstić information content (AvgIpc) is 2.35. The SMILES string of the molecule is CC(C)OCC(=O)N(C)C(C)c1ccccc1. The summed E-state index contributed by atoms with van der Waals surface area (Å²) < 4.78 is 5.32. The van der Waals surface area contributed by atoms with Gasteiger partial charge in [-0.05, 0) is 26.3 Å². The van der Waals surface area contributed by atoms with Crippen molar-refractivity contribution in [2.45, 2.75) is 32.9 Å². The lowest BCUT2D eigenvalue weighted by atomic mass is 10.1. The van der Waals surface area contributed by atoms with Crippen LogP contribution in [0.25, 0.3) is 0 Å². The van der Waals surface area contributed by atoms with E-state index in [-0.39, 0.29) is 24.7 Å². The summed E-state index contributed by atoms with van der Waals surface area (Å²) in [5.74, 6) is 0.00931. The van der Waals surface area contributed by atoms with E-state index in [1.807, 2.05) is 58.2 Å². The van der Waals surface area contributed by atoms with Crippen LogP contribution in [0, 0.1) is 0 Å². The molecule has 0 aliphatic carbocycles. The van der Waals surface area contributed by atoms with E-state index in [1.165, 1.54) is 0 Å². The van der Waals surface area contributed by atoms with Gasteiger partial charge in [0.1, 0.15) is 6.61 Å². The highest BCUT2D eigenvalue weighted by Gasteiger charge is 2.17. The summed E-state index contributed by atoms with van der Waals surface area (Å²) in [5, 5.41) is 0. The van der Waals surface area contributed by atoms with Crippen molar-refractivity contribution in [1.82, 2.24) is 4.90 Å². The molecule has 0 saturated heterocycles. The Morgan fingerprint density at radius 2 is 1.82 bits per heavy atom. The van der Waals surface area contributed by atoms with E-state index in [0.29, 0.717) is 0 Å². The van der Waals surface area contributed by atoms with Crippen molar-refractivity contribution in [3.8, 4) is 0 Å². The second-order valence-corrected chi connectivity index (χ2v) is 4.45. The first kappa shape index (κ1) is 13.7. The molecular weight excluding hydrogens is 214 g/mol. The summed E-state index contributed by atoms with van der Waals surface area (Å²) in [6.45, 7) is 6.01. The molecule has 1 unspecified atom stereocenters. The normalized spacial score (nSPS) is 12.5. The second kappa shape index (κ2) is 6.40. The molecule has 17 heavy (non-hydrogen) atoms. The molecule has 1 rings (SSSR count). The van der Waals surface area contributed by atoms with Crippen LogP contribution in [0.5, 0.6) is 0 Å². The zero-order chi connectivity index (χ0) is 12.8. The van der Waals surface area contributed by atoms with Crippen molar-refractivity contribution < 1.29 is 9.53 Å². The van der Waals surface area contributed by atoms with Crippen LogP contribution in [-0.2, 0) is 9.53 Å². The van der Waals surface area contributed by atoms with Crippen molar-refractivity contribution >= 4 is 5.91 Å². The van der Waals surface area contributed by atoms with Gasteiger partial charge < -0.3 is 9.64 Å². The molecule has 0 aromatic heterocycles. The number of hydrogen-bond acceptors (Lipinski definition) is 2. The summed E-state index contributed by atoms with van der Waals surface area (Å²) in [6, 6.07) is 10.1. The lowest BCUT2D eigenvalue weighted by molar-refractivity contribution is -0.138. The quantitative estimate of drug-likeness (QED) is 0.785. The van der Waals surface area contributed by atoms with Crippen molar-refractivity contribution in [3.05, 3.63) is 35.9 Å². The van der Waals surface area contributed by atoms with E-state index in [0.717, 1.165) is 5.56 Å². The van der Waals surface area contributed by atoms with Crippen molar-refractivity contribution in [2.24, 2.45) is 0 Å². The predicted molar refractivity (Wildman–Crippen MR) is 68.7 cm³/mol. The third-order valence-corrected chi connectivity index (χ3v) is 2.80. The molecule has 0 fully saturated rings. The number of rotatable bonds is 5. The maximum atomic E-state index is 11.9. The largest absolute Gasteiger partial charge is 0.369 e. The van der Waals surface area contributed by atoms with Gasteiger partial charge in [-0.3, -0.25) is 4.79 Å². The maximum absolute atomic E-state index is 11.9. The molecular formula is C14H21NO2. The van der Waals surface area contributed by atoms with Gasteiger partial charge in [0.2, 0.25) is 5.91 Å². The van der Waals surface area contributed by atoms with Gasteiger partial charge in [-0.1, -0.05) is 30.3 Å². The van der Waals surface area contributed by atoms with Gasteiger partial charge in [-0.25, -0.2) is 0 Å².